The van der Waals surface area contributed by atoms with Gasteiger partial charge in [0, 0.05) is 25.2 Å². The first kappa shape index (κ1) is 29.8. The van der Waals surface area contributed by atoms with Crippen LogP contribution in [0.15, 0.2) is 59.3 Å². The maximum atomic E-state index is 12.5. The van der Waals surface area contributed by atoms with Gasteiger partial charge in [-0.3, -0.25) is 13.9 Å². The normalized spacial score (nSPS) is 13.8. The number of aromatic nitrogens is 1. The van der Waals surface area contributed by atoms with E-state index < -0.39 is 27.7 Å². The zero-order chi connectivity index (χ0) is 27.3. The Balaban J connectivity index is 0.000000298. The zero-order valence-electron chi connectivity index (χ0n) is 21.5. The van der Waals surface area contributed by atoms with Crippen LogP contribution < -0.4 is 5.32 Å². The second kappa shape index (κ2) is 15.0. The molecular weight excluding hydrogens is 494 g/mol. The lowest BCUT2D eigenvalue weighted by atomic mass is 10.1. The predicted molar refractivity (Wildman–Crippen MR) is 143 cm³/mol. The van der Waals surface area contributed by atoms with Gasteiger partial charge in [-0.25, -0.2) is 13.4 Å². The summed E-state index contributed by atoms with van der Waals surface area (Å²) in [5.74, 6) is -1.57. The van der Waals surface area contributed by atoms with Crippen LogP contribution in [-0.4, -0.2) is 46.8 Å². The van der Waals surface area contributed by atoms with Crippen LogP contribution in [0.4, 0.5) is 5.82 Å². The number of rotatable bonds is 12. The van der Waals surface area contributed by atoms with E-state index in [1.165, 1.54) is 70.3 Å². The first-order chi connectivity index (χ1) is 17.7. The van der Waals surface area contributed by atoms with Crippen LogP contribution in [-0.2, 0) is 19.6 Å². The number of sulfonamides is 1. The van der Waals surface area contributed by atoms with Gasteiger partial charge >= 0.3 is 5.97 Å². The van der Waals surface area contributed by atoms with E-state index in [9.17, 15) is 23.1 Å². The Kier molecular flexibility index (Phi) is 12.1. The van der Waals surface area contributed by atoms with Gasteiger partial charge in [0.25, 0.3) is 15.9 Å². The van der Waals surface area contributed by atoms with Crippen LogP contribution >= 0.6 is 0 Å². The number of carbonyl (C=O) groups excluding carboxylic acids is 1. The minimum Gasteiger partial charge on any atom is -0.505 e. The van der Waals surface area contributed by atoms with E-state index in [-0.39, 0.29) is 22.0 Å². The molecule has 1 aromatic carbocycles. The summed E-state index contributed by atoms with van der Waals surface area (Å²) in [5, 5.41) is 21.2. The largest absolute Gasteiger partial charge is 0.505 e. The number of hydrogen-bond acceptors (Lipinski definition) is 6. The summed E-state index contributed by atoms with van der Waals surface area (Å²) in [6.45, 7) is 2.23. The molecule has 0 saturated heterocycles. The number of amides is 1. The number of likely N-dealkylation sites (N-methyl/N-ethyl adjacent to an activating group) is 1. The van der Waals surface area contributed by atoms with Gasteiger partial charge in [0.1, 0.15) is 5.82 Å². The van der Waals surface area contributed by atoms with E-state index in [0.29, 0.717) is 6.42 Å². The van der Waals surface area contributed by atoms with Gasteiger partial charge in [0.05, 0.1) is 4.90 Å². The lowest BCUT2D eigenvalue weighted by Crippen LogP contribution is -2.37. The van der Waals surface area contributed by atoms with Gasteiger partial charge < -0.3 is 15.5 Å². The van der Waals surface area contributed by atoms with Crippen molar-refractivity contribution in [2.45, 2.75) is 76.0 Å². The molecule has 0 bridgehead atoms. The number of nitrogens with zero attached hydrogens (tertiary/aromatic N) is 2. The van der Waals surface area contributed by atoms with Gasteiger partial charge in [-0.2, -0.15) is 0 Å². The number of anilines is 1. The third-order valence-electron chi connectivity index (χ3n) is 5.94. The highest BCUT2D eigenvalue weighted by Gasteiger charge is 2.37. The van der Waals surface area contributed by atoms with Crippen molar-refractivity contribution in [3.8, 4) is 0 Å². The average Bonchev–Trinajstić information content (AvgIpc) is 2.88. The molecule has 2 heterocycles. The number of aliphatic hydroxyl groups excluding tert-OH is 1. The minimum absolute atomic E-state index is 0.0469. The third kappa shape index (κ3) is 8.89. The quantitative estimate of drug-likeness (QED) is 0.304. The Morgan fingerprint density at radius 1 is 0.919 bits per heavy atom. The fourth-order valence-corrected chi connectivity index (χ4v) is 5.28. The minimum atomic E-state index is -3.91. The van der Waals surface area contributed by atoms with Crippen molar-refractivity contribution in [1.29, 1.82) is 0 Å². The maximum Gasteiger partial charge on any atom is 0.303 e. The van der Waals surface area contributed by atoms with Crippen molar-refractivity contribution in [2.75, 3.05) is 12.4 Å². The van der Waals surface area contributed by atoms with Gasteiger partial charge in [0.2, 0.25) is 0 Å². The molecule has 0 unspecified atom stereocenters. The highest BCUT2D eigenvalue weighted by Crippen LogP contribution is 2.34. The van der Waals surface area contributed by atoms with E-state index in [2.05, 4.69) is 17.2 Å². The molecule has 0 spiro atoms. The zero-order valence-corrected chi connectivity index (χ0v) is 22.3. The number of unbranched alkanes of at least 4 members (excludes halogenated alkanes) is 8. The fraction of sp³-hybridized carbons (Fsp3) is 0.444. The molecule has 0 aliphatic carbocycles. The Morgan fingerprint density at radius 3 is 2.11 bits per heavy atom. The van der Waals surface area contributed by atoms with Crippen LogP contribution in [0.5, 0.6) is 0 Å². The summed E-state index contributed by atoms with van der Waals surface area (Å²) in [6.07, 6.45) is 13.0. The van der Waals surface area contributed by atoms with Crippen molar-refractivity contribution in [3.05, 3.63) is 59.9 Å². The van der Waals surface area contributed by atoms with E-state index in [1.54, 1.807) is 30.3 Å². The molecule has 1 amide bonds. The second-order valence-electron chi connectivity index (χ2n) is 8.81. The Hall–Kier alpha value is -3.40. The Labute approximate surface area is 219 Å². The predicted octanol–water partition coefficient (Wildman–Crippen LogP) is 5.57. The van der Waals surface area contributed by atoms with Gasteiger partial charge in [-0.15, -0.1) is 0 Å². The Bertz CT molecular complexity index is 1170. The lowest BCUT2D eigenvalue weighted by Gasteiger charge is -2.28. The molecule has 10 heteroatoms. The number of carbonyl (C=O) groups is 2. The van der Waals surface area contributed by atoms with Crippen molar-refractivity contribution >= 4 is 33.5 Å². The van der Waals surface area contributed by atoms with E-state index >= 15 is 0 Å². The fourth-order valence-electron chi connectivity index (χ4n) is 3.88. The molecule has 3 N–H and O–H groups in total. The topological polar surface area (TPSA) is 137 Å². The van der Waals surface area contributed by atoms with Crippen LogP contribution in [0, 0.1) is 0 Å². The Morgan fingerprint density at radius 2 is 1.51 bits per heavy atom. The lowest BCUT2D eigenvalue weighted by molar-refractivity contribution is -0.137. The number of nitrogens with one attached hydrogen (secondary N) is 1. The molecule has 0 radical (unpaired) electrons. The third-order valence-corrected chi connectivity index (χ3v) is 7.75. The molecule has 0 fully saturated rings. The molecule has 1 aromatic heterocycles. The summed E-state index contributed by atoms with van der Waals surface area (Å²) in [5.41, 5.74) is -0.258. The summed E-state index contributed by atoms with van der Waals surface area (Å²) in [6, 6.07) is 10.9. The number of fused-ring (bicyclic) bond motifs is 1. The number of carboxylic acid groups (broad SMARTS) is 1. The van der Waals surface area contributed by atoms with Gasteiger partial charge in [-0.1, -0.05) is 76.5 Å². The van der Waals surface area contributed by atoms with Crippen LogP contribution in [0.2, 0.25) is 0 Å². The van der Waals surface area contributed by atoms with Crippen molar-refractivity contribution in [3.63, 3.8) is 0 Å². The first-order valence-electron chi connectivity index (χ1n) is 12.7. The summed E-state index contributed by atoms with van der Waals surface area (Å²) >= 11 is 0. The SMILES string of the molecule is CCCCCCCCCCCC(=O)O.CN1C(C(=O)Nc2ccccn2)=C(O)c2ccccc2S1(=O)=O. The molecular formula is C27H37N3O6S. The molecule has 37 heavy (non-hydrogen) atoms. The van der Waals surface area contributed by atoms with E-state index in [1.807, 2.05) is 0 Å². The molecule has 1 aliphatic heterocycles. The van der Waals surface area contributed by atoms with Gasteiger partial charge in [-0.05, 0) is 30.7 Å². The van der Waals surface area contributed by atoms with Crippen molar-refractivity contribution in [2.24, 2.45) is 0 Å². The first-order valence-corrected chi connectivity index (χ1v) is 14.1. The van der Waals surface area contributed by atoms with Crippen LogP contribution in [0.25, 0.3) is 5.76 Å². The van der Waals surface area contributed by atoms with E-state index in [0.717, 1.165) is 17.1 Å². The van der Waals surface area contributed by atoms with Gasteiger partial charge in [0.15, 0.2) is 11.5 Å². The maximum absolute atomic E-state index is 12.5. The number of aliphatic hydroxyl groups is 1. The van der Waals surface area contributed by atoms with Crippen molar-refractivity contribution in [1.82, 2.24) is 9.29 Å². The number of carboxylic acids is 1. The number of aliphatic carboxylic acids is 1. The summed E-state index contributed by atoms with van der Waals surface area (Å²) < 4.78 is 25.8. The summed E-state index contributed by atoms with van der Waals surface area (Å²) in [4.78, 5) is 26.5. The monoisotopic (exact) mass is 531 g/mol. The van der Waals surface area contributed by atoms with E-state index in [4.69, 9.17) is 5.11 Å². The van der Waals surface area contributed by atoms with Crippen LogP contribution in [0.1, 0.15) is 76.7 Å². The standard InChI is InChI=1S/C15H13N3O4S.C12H24O2/c1-18-13(15(20)17-12-8-4-5-9-16-12)14(19)10-6-2-3-7-11(10)23(18,21)22;1-2-3-4-5-6-7-8-9-10-11-12(13)14/h2-9,19H,1H3,(H,16,17,20);2-11H2,1H3,(H,13,14). The molecule has 202 valence electrons. The summed E-state index contributed by atoms with van der Waals surface area (Å²) in [7, 11) is -2.69. The van der Waals surface area contributed by atoms with Crippen molar-refractivity contribution < 1.29 is 28.2 Å². The number of pyridine rings is 1. The molecule has 2 aromatic rings. The number of benzene rings is 1. The van der Waals surface area contributed by atoms with Crippen LogP contribution in [0.3, 0.4) is 0 Å². The average molecular weight is 532 g/mol. The molecule has 0 saturated carbocycles. The smallest absolute Gasteiger partial charge is 0.303 e. The molecule has 1 aliphatic rings. The number of hydrogen-bond donors (Lipinski definition) is 3. The molecule has 9 nitrogen and oxygen atoms in total. The molecule has 3 rings (SSSR count). The second-order valence-corrected chi connectivity index (χ2v) is 10.7. The highest BCUT2D eigenvalue weighted by molar-refractivity contribution is 7.89. The molecule has 0 atom stereocenters. The highest BCUT2D eigenvalue weighted by atomic mass is 32.2.